The van der Waals surface area contributed by atoms with Gasteiger partial charge in [-0.05, 0) is 52.3 Å². The van der Waals surface area contributed by atoms with Crippen LogP contribution in [0.4, 0.5) is 0 Å². The SMILES string of the molecule is O=C(C=Cc1ccc(O)cc1)CC(=O)C=Cc1ccc2ccccc2c1. The minimum absolute atomic E-state index is 0.168. The normalized spacial score (nSPS) is 11.4. The number of hydrogen-bond acceptors (Lipinski definition) is 3. The molecule has 0 spiro atoms. The van der Waals surface area contributed by atoms with Crippen LogP contribution in [0.5, 0.6) is 5.75 Å². The van der Waals surface area contributed by atoms with Gasteiger partial charge in [-0.25, -0.2) is 0 Å². The number of phenols is 1. The Hall–Kier alpha value is -3.46. The van der Waals surface area contributed by atoms with Crippen LogP contribution in [0, 0.1) is 0 Å². The Balaban J connectivity index is 1.59. The summed E-state index contributed by atoms with van der Waals surface area (Å²) in [4.78, 5) is 23.9. The second-order valence-corrected chi connectivity index (χ2v) is 5.97. The number of rotatable bonds is 6. The first-order chi connectivity index (χ1) is 12.6. The van der Waals surface area contributed by atoms with Crippen molar-refractivity contribution in [2.24, 2.45) is 0 Å². The largest absolute Gasteiger partial charge is 0.508 e. The van der Waals surface area contributed by atoms with Crippen molar-refractivity contribution in [2.75, 3.05) is 0 Å². The van der Waals surface area contributed by atoms with Crippen molar-refractivity contribution in [1.82, 2.24) is 0 Å². The summed E-state index contributed by atoms with van der Waals surface area (Å²) in [5, 5.41) is 11.5. The molecule has 0 aliphatic heterocycles. The molecular formula is C23H18O3. The van der Waals surface area contributed by atoms with Gasteiger partial charge < -0.3 is 5.11 Å². The van der Waals surface area contributed by atoms with Crippen molar-refractivity contribution >= 4 is 34.5 Å². The second-order valence-electron chi connectivity index (χ2n) is 5.97. The highest BCUT2D eigenvalue weighted by molar-refractivity contribution is 6.11. The van der Waals surface area contributed by atoms with Gasteiger partial charge in [-0.2, -0.15) is 0 Å². The van der Waals surface area contributed by atoms with E-state index < -0.39 is 0 Å². The lowest BCUT2D eigenvalue weighted by atomic mass is 10.1. The van der Waals surface area contributed by atoms with Crippen LogP contribution in [0.3, 0.4) is 0 Å². The van der Waals surface area contributed by atoms with E-state index in [1.165, 1.54) is 12.2 Å². The molecule has 3 nitrogen and oxygen atoms in total. The molecule has 3 aromatic rings. The molecule has 128 valence electrons. The first-order valence-corrected chi connectivity index (χ1v) is 8.30. The third-order valence-electron chi connectivity index (χ3n) is 3.94. The van der Waals surface area contributed by atoms with E-state index >= 15 is 0 Å². The van der Waals surface area contributed by atoms with Gasteiger partial charge in [0.25, 0.3) is 0 Å². The van der Waals surface area contributed by atoms with Crippen LogP contribution in [0.2, 0.25) is 0 Å². The number of carbonyl (C=O) groups excluding carboxylic acids is 2. The van der Waals surface area contributed by atoms with Gasteiger partial charge in [-0.15, -0.1) is 0 Å². The molecular weight excluding hydrogens is 324 g/mol. The molecule has 0 aliphatic carbocycles. The molecule has 0 saturated heterocycles. The highest BCUT2D eigenvalue weighted by atomic mass is 16.3. The maximum absolute atomic E-state index is 12.0. The average molecular weight is 342 g/mol. The third kappa shape index (κ3) is 4.77. The second kappa shape index (κ2) is 8.08. The molecule has 3 rings (SSSR count). The monoisotopic (exact) mass is 342 g/mol. The van der Waals surface area contributed by atoms with Gasteiger partial charge in [0.1, 0.15) is 5.75 Å². The first kappa shape index (κ1) is 17.4. The molecule has 3 aromatic carbocycles. The van der Waals surface area contributed by atoms with Crippen LogP contribution in [0.15, 0.2) is 78.9 Å². The van der Waals surface area contributed by atoms with Crippen LogP contribution in [-0.2, 0) is 9.59 Å². The Morgan fingerprint density at radius 2 is 1.31 bits per heavy atom. The summed E-state index contributed by atoms with van der Waals surface area (Å²) >= 11 is 0. The van der Waals surface area contributed by atoms with Gasteiger partial charge >= 0.3 is 0 Å². The lowest BCUT2D eigenvalue weighted by Gasteiger charge is -1.99. The molecule has 0 aliphatic rings. The Morgan fingerprint density at radius 1 is 0.731 bits per heavy atom. The van der Waals surface area contributed by atoms with Crippen molar-refractivity contribution in [2.45, 2.75) is 6.42 Å². The smallest absolute Gasteiger partial charge is 0.163 e. The van der Waals surface area contributed by atoms with Crippen molar-refractivity contribution in [3.05, 3.63) is 90.0 Å². The lowest BCUT2D eigenvalue weighted by Crippen LogP contribution is -2.01. The minimum atomic E-state index is -0.258. The molecule has 0 unspecified atom stereocenters. The summed E-state index contributed by atoms with van der Waals surface area (Å²) in [5.74, 6) is -0.327. The zero-order valence-electron chi connectivity index (χ0n) is 14.1. The highest BCUT2D eigenvalue weighted by Gasteiger charge is 2.03. The van der Waals surface area contributed by atoms with Gasteiger partial charge in [0.05, 0.1) is 6.42 Å². The number of fused-ring (bicyclic) bond motifs is 1. The van der Waals surface area contributed by atoms with Gasteiger partial charge in [0, 0.05) is 0 Å². The number of carbonyl (C=O) groups is 2. The van der Waals surface area contributed by atoms with E-state index in [4.69, 9.17) is 0 Å². The highest BCUT2D eigenvalue weighted by Crippen LogP contribution is 2.16. The molecule has 0 saturated carbocycles. The molecule has 0 atom stereocenters. The number of aromatic hydroxyl groups is 1. The molecule has 0 radical (unpaired) electrons. The van der Waals surface area contributed by atoms with E-state index in [1.807, 2.05) is 42.5 Å². The summed E-state index contributed by atoms with van der Waals surface area (Å²) in [6.45, 7) is 0. The summed E-state index contributed by atoms with van der Waals surface area (Å²) in [5.41, 5.74) is 1.71. The van der Waals surface area contributed by atoms with Gasteiger partial charge in [0.2, 0.25) is 0 Å². The summed E-state index contributed by atoms with van der Waals surface area (Å²) < 4.78 is 0. The fourth-order valence-electron chi connectivity index (χ4n) is 2.56. The molecule has 3 heteroatoms. The van der Waals surface area contributed by atoms with Crippen LogP contribution in [0.1, 0.15) is 17.5 Å². The summed E-state index contributed by atoms with van der Waals surface area (Å²) in [6, 6.07) is 20.4. The molecule has 26 heavy (non-hydrogen) atoms. The first-order valence-electron chi connectivity index (χ1n) is 8.30. The molecule has 0 heterocycles. The predicted octanol–water partition coefficient (Wildman–Crippen LogP) is 4.80. The number of phenolic OH excluding ortho intramolecular Hbond substituents is 1. The fraction of sp³-hybridized carbons (Fsp3) is 0.0435. The Kier molecular flexibility index (Phi) is 5.40. The number of allylic oxidation sites excluding steroid dienone is 2. The van der Waals surface area contributed by atoms with Crippen molar-refractivity contribution < 1.29 is 14.7 Å². The number of ketones is 2. The van der Waals surface area contributed by atoms with E-state index in [1.54, 1.807) is 36.4 Å². The van der Waals surface area contributed by atoms with E-state index in [0.29, 0.717) is 0 Å². The van der Waals surface area contributed by atoms with Crippen molar-refractivity contribution in [1.29, 1.82) is 0 Å². The average Bonchev–Trinajstić information content (AvgIpc) is 2.66. The Morgan fingerprint density at radius 3 is 2.00 bits per heavy atom. The summed E-state index contributed by atoms with van der Waals surface area (Å²) in [6.07, 6.45) is 6.01. The maximum atomic E-state index is 12.0. The van der Waals surface area contributed by atoms with E-state index in [2.05, 4.69) is 0 Å². The fourth-order valence-corrected chi connectivity index (χ4v) is 2.56. The zero-order chi connectivity index (χ0) is 18.4. The van der Waals surface area contributed by atoms with Gasteiger partial charge in [-0.3, -0.25) is 9.59 Å². The number of benzene rings is 3. The number of hydrogen-bond donors (Lipinski definition) is 1. The van der Waals surface area contributed by atoms with Crippen LogP contribution in [-0.4, -0.2) is 16.7 Å². The van der Waals surface area contributed by atoms with Gasteiger partial charge in [0.15, 0.2) is 11.6 Å². The minimum Gasteiger partial charge on any atom is -0.508 e. The standard InChI is InChI=1S/C23H18O3/c24-21-11-6-17(7-12-21)8-13-22(25)16-23(26)14-9-18-5-10-19-3-1-2-4-20(19)15-18/h1-15,24H,16H2. The lowest BCUT2D eigenvalue weighted by molar-refractivity contribution is -0.121. The maximum Gasteiger partial charge on any atom is 0.163 e. The van der Waals surface area contributed by atoms with Crippen LogP contribution in [0.25, 0.3) is 22.9 Å². The van der Waals surface area contributed by atoms with E-state index in [0.717, 1.165) is 21.9 Å². The molecule has 0 aromatic heterocycles. The van der Waals surface area contributed by atoms with Crippen LogP contribution < -0.4 is 0 Å². The predicted molar refractivity (Wildman–Crippen MR) is 105 cm³/mol. The van der Waals surface area contributed by atoms with Crippen LogP contribution >= 0.6 is 0 Å². The summed E-state index contributed by atoms with van der Waals surface area (Å²) in [7, 11) is 0. The molecule has 0 amide bonds. The zero-order valence-corrected chi connectivity index (χ0v) is 14.1. The topological polar surface area (TPSA) is 54.4 Å². The third-order valence-corrected chi connectivity index (χ3v) is 3.94. The molecule has 1 N–H and O–H groups in total. The molecule has 0 fully saturated rings. The van der Waals surface area contributed by atoms with E-state index in [-0.39, 0.29) is 23.7 Å². The quantitative estimate of drug-likeness (QED) is 0.517. The van der Waals surface area contributed by atoms with Crippen molar-refractivity contribution in [3.63, 3.8) is 0 Å². The van der Waals surface area contributed by atoms with Gasteiger partial charge in [-0.1, -0.05) is 60.7 Å². The van der Waals surface area contributed by atoms with Crippen molar-refractivity contribution in [3.8, 4) is 5.75 Å². The van der Waals surface area contributed by atoms with E-state index in [9.17, 15) is 14.7 Å². The Labute approximate surface area is 151 Å². The molecule has 0 bridgehead atoms. The Bertz CT molecular complexity index is 995.